The number of methoxy groups -OCH3 is 2. The molecule has 0 saturated carbocycles. The SMILES string of the molecule is COc1ccc(CC(=O)NCCn2c(C)ccc2C)cc1OC. The summed E-state index contributed by atoms with van der Waals surface area (Å²) >= 11 is 0. The number of aromatic nitrogens is 1. The van der Waals surface area contributed by atoms with E-state index in [9.17, 15) is 4.79 Å². The molecule has 23 heavy (non-hydrogen) atoms. The summed E-state index contributed by atoms with van der Waals surface area (Å²) in [6.07, 6.45) is 0.323. The van der Waals surface area contributed by atoms with Crippen LogP contribution in [0.25, 0.3) is 0 Å². The molecule has 124 valence electrons. The van der Waals surface area contributed by atoms with E-state index in [2.05, 4.69) is 35.9 Å². The fourth-order valence-corrected chi connectivity index (χ4v) is 2.60. The Bertz CT molecular complexity index is 657. The lowest BCUT2D eigenvalue weighted by molar-refractivity contribution is -0.120. The van der Waals surface area contributed by atoms with Crippen molar-refractivity contribution in [2.75, 3.05) is 20.8 Å². The Morgan fingerprint density at radius 1 is 1.04 bits per heavy atom. The average molecular weight is 316 g/mol. The van der Waals surface area contributed by atoms with Crippen molar-refractivity contribution in [3.63, 3.8) is 0 Å². The van der Waals surface area contributed by atoms with Gasteiger partial charge in [0.15, 0.2) is 11.5 Å². The average Bonchev–Trinajstić information content (AvgIpc) is 2.86. The van der Waals surface area contributed by atoms with Crippen molar-refractivity contribution in [1.29, 1.82) is 0 Å². The van der Waals surface area contributed by atoms with Crippen molar-refractivity contribution < 1.29 is 14.3 Å². The van der Waals surface area contributed by atoms with Crippen LogP contribution in [0, 0.1) is 13.8 Å². The second kappa shape index (κ2) is 7.72. The van der Waals surface area contributed by atoms with Crippen LogP contribution in [0.4, 0.5) is 0 Å². The molecule has 1 aromatic carbocycles. The molecule has 0 bridgehead atoms. The molecule has 1 heterocycles. The lowest BCUT2D eigenvalue weighted by Crippen LogP contribution is -2.29. The van der Waals surface area contributed by atoms with E-state index in [1.54, 1.807) is 14.2 Å². The molecule has 0 aliphatic heterocycles. The molecular weight excluding hydrogens is 292 g/mol. The molecule has 0 radical (unpaired) electrons. The maximum absolute atomic E-state index is 12.1. The van der Waals surface area contributed by atoms with E-state index in [0.717, 1.165) is 12.1 Å². The summed E-state index contributed by atoms with van der Waals surface area (Å²) in [5.41, 5.74) is 3.31. The third-order valence-corrected chi connectivity index (χ3v) is 3.89. The van der Waals surface area contributed by atoms with Gasteiger partial charge in [0.2, 0.25) is 5.91 Å². The molecule has 0 aliphatic rings. The molecule has 0 atom stereocenters. The summed E-state index contributed by atoms with van der Waals surface area (Å²) in [6.45, 7) is 5.53. The number of carbonyl (C=O) groups is 1. The van der Waals surface area contributed by atoms with Crippen LogP contribution in [0.15, 0.2) is 30.3 Å². The number of aryl methyl sites for hydroxylation is 2. The van der Waals surface area contributed by atoms with Gasteiger partial charge in [0, 0.05) is 24.5 Å². The topological polar surface area (TPSA) is 52.5 Å². The monoisotopic (exact) mass is 316 g/mol. The summed E-state index contributed by atoms with van der Waals surface area (Å²) in [4.78, 5) is 12.1. The van der Waals surface area contributed by atoms with Gasteiger partial charge in [-0.05, 0) is 43.7 Å². The first-order chi connectivity index (χ1) is 11.0. The number of hydrogen-bond donors (Lipinski definition) is 1. The maximum Gasteiger partial charge on any atom is 0.224 e. The van der Waals surface area contributed by atoms with E-state index in [1.807, 2.05) is 18.2 Å². The molecule has 5 nitrogen and oxygen atoms in total. The second-order valence-electron chi connectivity index (χ2n) is 5.48. The first kappa shape index (κ1) is 16.9. The number of nitrogens with one attached hydrogen (secondary N) is 1. The summed E-state index contributed by atoms with van der Waals surface area (Å²) in [7, 11) is 3.18. The Morgan fingerprint density at radius 3 is 2.30 bits per heavy atom. The highest BCUT2D eigenvalue weighted by atomic mass is 16.5. The van der Waals surface area contributed by atoms with Gasteiger partial charge in [-0.3, -0.25) is 4.79 Å². The van der Waals surface area contributed by atoms with Gasteiger partial charge in [0.25, 0.3) is 0 Å². The van der Waals surface area contributed by atoms with Crippen LogP contribution in [0.3, 0.4) is 0 Å². The van der Waals surface area contributed by atoms with Gasteiger partial charge in [-0.25, -0.2) is 0 Å². The van der Waals surface area contributed by atoms with E-state index in [1.165, 1.54) is 11.4 Å². The van der Waals surface area contributed by atoms with Crippen molar-refractivity contribution >= 4 is 5.91 Å². The largest absolute Gasteiger partial charge is 0.493 e. The molecule has 0 aliphatic carbocycles. The zero-order valence-electron chi connectivity index (χ0n) is 14.2. The summed E-state index contributed by atoms with van der Waals surface area (Å²) in [5, 5.41) is 2.96. The van der Waals surface area contributed by atoms with Gasteiger partial charge in [0.1, 0.15) is 0 Å². The number of ether oxygens (including phenoxy) is 2. The zero-order valence-corrected chi connectivity index (χ0v) is 14.2. The molecule has 1 aromatic heterocycles. The number of carbonyl (C=O) groups excluding carboxylic acids is 1. The normalized spacial score (nSPS) is 10.4. The van der Waals surface area contributed by atoms with E-state index >= 15 is 0 Å². The van der Waals surface area contributed by atoms with Gasteiger partial charge in [0.05, 0.1) is 20.6 Å². The number of nitrogens with zero attached hydrogens (tertiary/aromatic N) is 1. The van der Waals surface area contributed by atoms with Crippen LogP contribution in [-0.2, 0) is 17.8 Å². The van der Waals surface area contributed by atoms with E-state index in [0.29, 0.717) is 24.5 Å². The van der Waals surface area contributed by atoms with Crippen molar-refractivity contribution in [3.05, 3.63) is 47.3 Å². The Morgan fingerprint density at radius 2 is 1.70 bits per heavy atom. The molecule has 2 rings (SSSR count). The fraction of sp³-hybridized carbons (Fsp3) is 0.389. The zero-order chi connectivity index (χ0) is 16.8. The summed E-state index contributed by atoms with van der Waals surface area (Å²) < 4.78 is 12.6. The minimum absolute atomic E-state index is 0.000294. The lowest BCUT2D eigenvalue weighted by Gasteiger charge is -2.11. The van der Waals surface area contributed by atoms with Crippen LogP contribution in [0.2, 0.25) is 0 Å². The number of benzene rings is 1. The van der Waals surface area contributed by atoms with Crippen molar-refractivity contribution in [2.24, 2.45) is 0 Å². The van der Waals surface area contributed by atoms with E-state index in [4.69, 9.17) is 9.47 Å². The number of rotatable bonds is 7. The van der Waals surface area contributed by atoms with Crippen LogP contribution in [0.1, 0.15) is 17.0 Å². The quantitative estimate of drug-likeness (QED) is 0.854. The van der Waals surface area contributed by atoms with Crippen LogP contribution in [-0.4, -0.2) is 31.2 Å². The van der Waals surface area contributed by atoms with Crippen LogP contribution >= 0.6 is 0 Å². The minimum atomic E-state index is -0.000294. The van der Waals surface area contributed by atoms with Crippen molar-refractivity contribution in [1.82, 2.24) is 9.88 Å². The Kier molecular flexibility index (Phi) is 5.68. The molecule has 2 aromatic rings. The molecule has 0 fully saturated rings. The smallest absolute Gasteiger partial charge is 0.224 e. The lowest BCUT2D eigenvalue weighted by atomic mass is 10.1. The Labute approximate surface area is 137 Å². The molecule has 5 heteroatoms. The van der Waals surface area contributed by atoms with E-state index in [-0.39, 0.29) is 5.91 Å². The number of hydrogen-bond acceptors (Lipinski definition) is 3. The van der Waals surface area contributed by atoms with Gasteiger partial charge in [-0.1, -0.05) is 6.07 Å². The Balaban J connectivity index is 1.87. The molecule has 0 spiro atoms. The minimum Gasteiger partial charge on any atom is -0.493 e. The highest BCUT2D eigenvalue weighted by Crippen LogP contribution is 2.27. The van der Waals surface area contributed by atoms with Crippen LogP contribution in [0.5, 0.6) is 11.5 Å². The molecule has 0 unspecified atom stereocenters. The fourth-order valence-electron chi connectivity index (χ4n) is 2.60. The first-order valence-electron chi connectivity index (χ1n) is 7.65. The van der Waals surface area contributed by atoms with Gasteiger partial charge in [-0.2, -0.15) is 0 Å². The predicted octanol–water partition coefficient (Wildman–Crippen LogP) is 2.48. The van der Waals surface area contributed by atoms with Crippen molar-refractivity contribution in [3.8, 4) is 11.5 Å². The third kappa shape index (κ3) is 4.28. The second-order valence-corrected chi connectivity index (χ2v) is 5.48. The van der Waals surface area contributed by atoms with E-state index < -0.39 is 0 Å². The number of amides is 1. The molecule has 0 saturated heterocycles. The summed E-state index contributed by atoms with van der Waals surface area (Å²) in [5.74, 6) is 1.30. The van der Waals surface area contributed by atoms with Crippen molar-refractivity contribution in [2.45, 2.75) is 26.8 Å². The Hall–Kier alpha value is -2.43. The van der Waals surface area contributed by atoms with Gasteiger partial charge >= 0.3 is 0 Å². The molecule has 1 N–H and O–H groups in total. The highest BCUT2D eigenvalue weighted by Gasteiger charge is 2.08. The van der Waals surface area contributed by atoms with Gasteiger partial charge in [-0.15, -0.1) is 0 Å². The maximum atomic E-state index is 12.1. The summed E-state index contributed by atoms with van der Waals surface area (Å²) in [6, 6.07) is 9.69. The van der Waals surface area contributed by atoms with Crippen LogP contribution < -0.4 is 14.8 Å². The van der Waals surface area contributed by atoms with Gasteiger partial charge < -0.3 is 19.4 Å². The predicted molar refractivity (Wildman–Crippen MR) is 90.2 cm³/mol. The third-order valence-electron chi connectivity index (χ3n) is 3.89. The first-order valence-corrected chi connectivity index (χ1v) is 7.65. The molecule has 1 amide bonds. The molecular formula is C18H24N2O3. The standard InChI is InChI=1S/C18H24N2O3/c1-13-5-6-14(2)20(13)10-9-19-18(21)12-15-7-8-16(22-3)17(11-15)23-4/h5-8,11H,9-10,12H2,1-4H3,(H,19,21). The highest BCUT2D eigenvalue weighted by molar-refractivity contribution is 5.78.